The number of hydrogen-bond acceptors (Lipinski definition) is 5. The van der Waals surface area contributed by atoms with Gasteiger partial charge in [-0.25, -0.2) is 0 Å². The highest BCUT2D eigenvalue weighted by Crippen LogP contribution is 2.03. The van der Waals surface area contributed by atoms with Crippen LogP contribution < -0.4 is 10.6 Å². The second-order valence-electron chi connectivity index (χ2n) is 3.27. The van der Waals surface area contributed by atoms with E-state index in [0.29, 0.717) is 12.3 Å². The molecule has 0 radical (unpaired) electrons. The van der Waals surface area contributed by atoms with Crippen LogP contribution in [0.15, 0.2) is 0 Å². The highest BCUT2D eigenvalue weighted by atomic mass is 32.2. The summed E-state index contributed by atoms with van der Waals surface area (Å²) in [5, 5.41) is 5.86. The standard InChI is InChI=1S/C9H16N2O3S/c1-14-8(12)6-15-3-2-11-9(13)7-4-10-5-7/h7,10H,2-6H2,1H3,(H,11,13). The molecule has 15 heavy (non-hydrogen) atoms. The Morgan fingerprint density at radius 1 is 1.53 bits per heavy atom. The van der Waals surface area contributed by atoms with Crippen molar-refractivity contribution in [2.45, 2.75) is 0 Å². The first-order valence-corrected chi connectivity index (χ1v) is 6.02. The summed E-state index contributed by atoms with van der Waals surface area (Å²) >= 11 is 1.46. The maximum atomic E-state index is 11.3. The van der Waals surface area contributed by atoms with Crippen molar-refractivity contribution >= 4 is 23.6 Å². The van der Waals surface area contributed by atoms with E-state index in [1.807, 2.05) is 0 Å². The van der Waals surface area contributed by atoms with Crippen LogP contribution in [0.4, 0.5) is 0 Å². The van der Waals surface area contributed by atoms with E-state index < -0.39 is 0 Å². The molecule has 6 heteroatoms. The quantitative estimate of drug-likeness (QED) is 0.465. The highest BCUT2D eigenvalue weighted by Gasteiger charge is 2.23. The number of ether oxygens (including phenoxy) is 1. The molecule has 0 aromatic rings. The van der Waals surface area contributed by atoms with E-state index in [4.69, 9.17) is 0 Å². The number of hydrogen-bond donors (Lipinski definition) is 2. The number of thioether (sulfide) groups is 1. The number of esters is 1. The fourth-order valence-electron chi connectivity index (χ4n) is 1.08. The normalized spacial score (nSPS) is 15.5. The lowest BCUT2D eigenvalue weighted by Crippen LogP contribution is -2.51. The van der Waals surface area contributed by atoms with Gasteiger partial charge in [0.15, 0.2) is 0 Å². The van der Waals surface area contributed by atoms with Crippen LogP contribution in [0.3, 0.4) is 0 Å². The lowest BCUT2D eigenvalue weighted by atomic mass is 10.0. The Hall–Kier alpha value is -0.750. The van der Waals surface area contributed by atoms with Crippen molar-refractivity contribution < 1.29 is 14.3 Å². The van der Waals surface area contributed by atoms with Crippen LogP contribution in [-0.4, -0.2) is 50.1 Å². The molecule has 0 aromatic carbocycles. The fraction of sp³-hybridized carbons (Fsp3) is 0.778. The highest BCUT2D eigenvalue weighted by molar-refractivity contribution is 7.99. The average Bonchev–Trinajstić information content (AvgIpc) is 2.14. The Balaban J connectivity index is 1.92. The van der Waals surface area contributed by atoms with E-state index in [0.717, 1.165) is 18.8 Å². The largest absolute Gasteiger partial charge is 0.468 e. The number of carbonyl (C=O) groups excluding carboxylic acids is 2. The second kappa shape index (κ2) is 6.68. The van der Waals surface area contributed by atoms with Crippen LogP contribution in [0.1, 0.15) is 0 Å². The third-order valence-electron chi connectivity index (χ3n) is 2.15. The van der Waals surface area contributed by atoms with Crippen molar-refractivity contribution in [2.75, 3.05) is 38.2 Å². The van der Waals surface area contributed by atoms with Gasteiger partial charge in [-0.1, -0.05) is 0 Å². The van der Waals surface area contributed by atoms with Gasteiger partial charge < -0.3 is 15.4 Å². The number of carbonyl (C=O) groups is 2. The number of methoxy groups -OCH3 is 1. The molecule has 0 atom stereocenters. The molecule has 1 aliphatic heterocycles. The maximum Gasteiger partial charge on any atom is 0.315 e. The van der Waals surface area contributed by atoms with Gasteiger partial charge >= 0.3 is 5.97 Å². The fourth-order valence-corrected chi connectivity index (χ4v) is 1.75. The summed E-state index contributed by atoms with van der Waals surface area (Å²) in [6, 6.07) is 0. The zero-order valence-electron chi connectivity index (χ0n) is 8.75. The van der Waals surface area contributed by atoms with E-state index in [1.165, 1.54) is 18.9 Å². The first-order chi connectivity index (χ1) is 7.24. The molecule has 0 unspecified atom stereocenters. The van der Waals surface area contributed by atoms with E-state index in [2.05, 4.69) is 15.4 Å². The first-order valence-electron chi connectivity index (χ1n) is 4.87. The molecule has 2 N–H and O–H groups in total. The molecule has 1 amide bonds. The molecular weight excluding hydrogens is 216 g/mol. The Labute approximate surface area is 93.3 Å². The molecule has 1 aliphatic rings. The minimum Gasteiger partial charge on any atom is -0.468 e. The van der Waals surface area contributed by atoms with Gasteiger partial charge in [-0.05, 0) is 0 Å². The minimum atomic E-state index is -0.227. The molecule has 1 heterocycles. The Morgan fingerprint density at radius 3 is 2.80 bits per heavy atom. The predicted octanol–water partition coefficient (Wildman–Crippen LogP) is -0.772. The summed E-state index contributed by atoms with van der Waals surface area (Å²) in [6.07, 6.45) is 0. The summed E-state index contributed by atoms with van der Waals surface area (Å²) in [6.45, 7) is 2.17. The molecule has 0 spiro atoms. The van der Waals surface area contributed by atoms with Gasteiger partial charge in [-0.15, -0.1) is 11.8 Å². The molecule has 0 saturated carbocycles. The average molecular weight is 232 g/mol. The minimum absolute atomic E-state index is 0.104. The second-order valence-corrected chi connectivity index (χ2v) is 4.38. The Kier molecular flexibility index (Phi) is 5.49. The topological polar surface area (TPSA) is 67.4 Å². The summed E-state index contributed by atoms with van der Waals surface area (Å²) in [4.78, 5) is 22.1. The zero-order valence-corrected chi connectivity index (χ0v) is 9.56. The molecule has 1 rings (SSSR count). The van der Waals surface area contributed by atoms with Crippen LogP contribution in [0.2, 0.25) is 0 Å². The molecule has 1 saturated heterocycles. The molecule has 0 aromatic heterocycles. The SMILES string of the molecule is COC(=O)CSCCNC(=O)C1CNC1. The van der Waals surface area contributed by atoms with Gasteiger partial charge in [0.1, 0.15) is 0 Å². The summed E-state index contributed by atoms with van der Waals surface area (Å²) < 4.78 is 4.49. The third kappa shape index (κ3) is 4.53. The van der Waals surface area contributed by atoms with Crippen LogP contribution in [0, 0.1) is 5.92 Å². The van der Waals surface area contributed by atoms with Crippen molar-refractivity contribution in [1.29, 1.82) is 0 Å². The van der Waals surface area contributed by atoms with Crippen molar-refractivity contribution in [2.24, 2.45) is 5.92 Å². The van der Waals surface area contributed by atoms with Crippen molar-refractivity contribution in [3.05, 3.63) is 0 Å². The molecule has 0 aliphatic carbocycles. The molecule has 5 nitrogen and oxygen atoms in total. The molecule has 86 valence electrons. The Bertz CT molecular complexity index is 231. The smallest absolute Gasteiger partial charge is 0.315 e. The van der Waals surface area contributed by atoms with Gasteiger partial charge in [0, 0.05) is 25.4 Å². The number of rotatable bonds is 6. The van der Waals surface area contributed by atoms with Crippen LogP contribution in [0.25, 0.3) is 0 Å². The molecule has 1 fully saturated rings. The summed E-state index contributed by atoms with van der Waals surface area (Å²) in [5.74, 6) is 1.09. The van der Waals surface area contributed by atoms with E-state index in [-0.39, 0.29) is 17.8 Å². The molecular formula is C9H16N2O3S. The summed E-state index contributed by atoms with van der Waals surface area (Å²) in [5.41, 5.74) is 0. The lowest BCUT2D eigenvalue weighted by Gasteiger charge is -2.25. The van der Waals surface area contributed by atoms with Crippen molar-refractivity contribution in [3.63, 3.8) is 0 Å². The van der Waals surface area contributed by atoms with Crippen LogP contribution >= 0.6 is 11.8 Å². The van der Waals surface area contributed by atoms with E-state index in [1.54, 1.807) is 0 Å². The van der Waals surface area contributed by atoms with Gasteiger partial charge in [0.25, 0.3) is 0 Å². The van der Waals surface area contributed by atoms with Gasteiger partial charge in [-0.3, -0.25) is 9.59 Å². The van der Waals surface area contributed by atoms with Crippen LogP contribution in [-0.2, 0) is 14.3 Å². The Morgan fingerprint density at radius 2 is 2.27 bits per heavy atom. The number of amides is 1. The van der Waals surface area contributed by atoms with E-state index in [9.17, 15) is 9.59 Å². The first kappa shape index (κ1) is 12.3. The van der Waals surface area contributed by atoms with Gasteiger partial charge in [0.05, 0.1) is 18.8 Å². The van der Waals surface area contributed by atoms with Gasteiger partial charge in [-0.2, -0.15) is 0 Å². The molecule has 0 bridgehead atoms. The van der Waals surface area contributed by atoms with Crippen molar-refractivity contribution in [3.8, 4) is 0 Å². The van der Waals surface area contributed by atoms with Gasteiger partial charge in [0.2, 0.25) is 5.91 Å². The lowest BCUT2D eigenvalue weighted by molar-refractivity contribution is -0.137. The maximum absolute atomic E-state index is 11.3. The third-order valence-corrected chi connectivity index (χ3v) is 3.08. The van der Waals surface area contributed by atoms with E-state index >= 15 is 0 Å². The van der Waals surface area contributed by atoms with Crippen LogP contribution in [0.5, 0.6) is 0 Å². The zero-order chi connectivity index (χ0) is 11.1. The predicted molar refractivity (Wildman–Crippen MR) is 58.7 cm³/mol. The summed E-state index contributed by atoms with van der Waals surface area (Å²) in [7, 11) is 1.37. The number of nitrogens with one attached hydrogen (secondary N) is 2. The van der Waals surface area contributed by atoms with Crippen molar-refractivity contribution in [1.82, 2.24) is 10.6 Å². The monoisotopic (exact) mass is 232 g/mol.